The highest BCUT2D eigenvalue weighted by Gasteiger charge is 2.24. The molecule has 5 heteroatoms. The highest BCUT2D eigenvalue weighted by atomic mass is 127. The van der Waals surface area contributed by atoms with Gasteiger partial charge in [-0.3, -0.25) is 4.79 Å². The van der Waals surface area contributed by atoms with Crippen molar-refractivity contribution in [2.45, 2.75) is 19.8 Å². The summed E-state index contributed by atoms with van der Waals surface area (Å²) < 4.78 is 1.03. The molecular formula is C11H14IN3O. The number of hydrogen-bond donors (Lipinski definition) is 0. The second-order valence-corrected chi connectivity index (χ2v) is 5.34. The van der Waals surface area contributed by atoms with Crippen molar-refractivity contribution in [3.8, 4) is 0 Å². The molecule has 1 saturated heterocycles. The number of Topliss-reactive ketones (excluding diaryl/α,β-unsaturated/α-hetero) is 1. The molecule has 0 aliphatic carbocycles. The van der Waals surface area contributed by atoms with Crippen LogP contribution in [-0.2, 0) is 4.79 Å². The Morgan fingerprint density at radius 2 is 2.19 bits per heavy atom. The molecule has 1 aliphatic heterocycles. The lowest BCUT2D eigenvalue weighted by Gasteiger charge is -2.31. The van der Waals surface area contributed by atoms with Crippen molar-refractivity contribution in [2.75, 3.05) is 18.0 Å². The number of nitrogens with zero attached hydrogens (tertiary/aromatic N) is 3. The third-order valence-electron chi connectivity index (χ3n) is 2.89. The maximum absolute atomic E-state index is 11.4. The Kier molecular flexibility index (Phi) is 3.73. The van der Waals surface area contributed by atoms with Gasteiger partial charge in [-0.2, -0.15) is 0 Å². The molecule has 1 unspecified atom stereocenters. The lowest BCUT2D eigenvalue weighted by molar-refractivity contribution is -0.120. The number of carbonyl (C=O) groups is 1. The van der Waals surface area contributed by atoms with E-state index >= 15 is 0 Å². The van der Waals surface area contributed by atoms with Crippen LogP contribution in [0.5, 0.6) is 0 Å². The standard InChI is InChI=1S/C11H14IN3O/c1-8(16)9-3-2-4-15(7-9)11-13-5-10(12)6-14-11/h5-6,9H,2-4,7H2,1H3. The fourth-order valence-electron chi connectivity index (χ4n) is 1.96. The molecule has 1 aromatic heterocycles. The first-order valence-corrected chi connectivity index (χ1v) is 6.47. The SMILES string of the molecule is CC(=O)C1CCCN(c2ncc(I)cn2)C1. The van der Waals surface area contributed by atoms with Crippen molar-refractivity contribution < 1.29 is 4.79 Å². The van der Waals surface area contributed by atoms with Gasteiger partial charge in [-0.25, -0.2) is 9.97 Å². The van der Waals surface area contributed by atoms with Crippen molar-refractivity contribution >= 4 is 34.3 Å². The van der Waals surface area contributed by atoms with Crippen LogP contribution < -0.4 is 4.90 Å². The van der Waals surface area contributed by atoms with Gasteiger partial charge < -0.3 is 4.90 Å². The molecule has 0 radical (unpaired) electrons. The van der Waals surface area contributed by atoms with E-state index in [0.29, 0.717) is 0 Å². The van der Waals surface area contributed by atoms with Crippen LogP contribution in [0.25, 0.3) is 0 Å². The molecule has 86 valence electrons. The summed E-state index contributed by atoms with van der Waals surface area (Å²) >= 11 is 2.18. The van der Waals surface area contributed by atoms with Gasteiger partial charge in [-0.15, -0.1) is 0 Å². The molecule has 2 heterocycles. The number of halogens is 1. The molecule has 0 aromatic carbocycles. The van der Waals surface area contributed by atoms with Gasteiger partial charge >= 0.3 is 0 Å². The summed E-state index contributed by atoms with van der Waals surface area (Å²) in [4.78, 5) is 22.0. The normalized spacial score (nSPS) is 20.9. The summed E-state index contributed by atoms with van der Waals surface area (Å²) in [6.07, 6.45) is 5.65. The monoisotopic (exact) mass is 331 g/mol. The molecule has 0 bridgehead atoms. The third-order valence-corrected chi connectivity index (χ3v) is 3.44. The van der Waals surface area contributed by atoms with Crippen molar-refractivity contribution in [2.24, 2.45) is 5.92 Å². The molecule has 16 heavy (non-hydrogen) atoms. The van der Waals surface area contributed by atoms with Crippen LogP contribution in [0.4, 0.5) is 5.95 Å². The maximum atomic E-state index is 11.4. The Morgan fingerprint density at radius 1 is 1.50 bits per heavy atom. The van der Waals surface area contributed by atoms with E-state index in [-0.39, 0.29) is 11.7 Å². The minimum Gasteiger partial charge on any atom is -0.340 e. The van der Waals surface area contributed by atoms with E-state index < -0.39 is 0 Å². The minimum absolute atomic E-state index is 0.150. The van der Waals surface area contributed by atoms with E-state index in [9.17, 15) is 4.79 Å². The number of carbonyl (C=O) groups excluding carboxylic acids is 1. The zero-order valence-corrected chi connectivity index (χ0v) is 11.3. The van der Waals surface area contributed by atoms with Gasteiger partial charge in [0.25, 0.3) is 0 Å². The summed E-state index contributed by atoms with van der Waals surface area (Å²) in [7, 11) is 0. The Balaban J connectivity index is 2.09. The molecule has 0 amide bonds. The summed E-state index contributed by atoms with van der Waals surface area (Å²) in [5, 5.41) is 0. The summed E-state index contributed by atoms with van der Waals surface area (Å²) in [5.74, 6) is 1.17. The van der Waals surface area contributed by atoms with Crippen molar-refractivity contribution in [3.05, 3.63) is 16.0 Å². The van der Waals surface area contributed by atoms with Crippen LogP contribution in [0.1, 0.15) is 19.8 Å². The molecule has 1 fully saturated rings. The number of rotatable bonds is 2. The molecule has 0 spiro atoms. The van der Waals surface area contributed by atoms with Crippen molar-refractivity contribution in [3.63, 3.8) is 0 Å². The molecule has 2 rings (SSSR count). The van der Waals surface area contributed by atoms with Gasteiger partial charge in [0.05, 0.1) is 0 Å². The zero-order chi connectivity index (χ0) is 11.5. The van der Waals surface area contributed by atoms with Crippen LogP contribution in [0, 0.1) is 9.49 Å². The van der Waals surface area contributed by atoms with E-state index in [1.165, 1.54) is 0 Å². The van der Waals surface area contributed by atoms with Crippen LogP contribution in [-0.4, -0.2) is 28.8 Å². The molecule has 0 saturated carbocycles. The number of anilines is 1. The lowest BCUT2D eigenvalue weighted by atomic mass is 9.95. The third kappa shape index (κ3) is 2.69. The van der Waals surface area contributed by atoms with Gasteiger partial charge in [0.2, 0.25) is 5.95 Å². The van der Waals surface area contributed by atoms with Gasteiger partial charge in [0, 0.05) is 35.0 Å². The molecule has 1 aromatic rings. The van der Waals surface area contributed by atoms with E-state index in [4.69, 9.17) is 0 Å². The summed E-state index contributed by atoms with van der Waals surface area (Å²) in [6, 6.07) is 0. The molecule has 1 aliphatic rings. The predicted octanol–water partition coefficient (Wildman–Crippen LogP) is 1.89. The molecular weight excluding hydrogens is 317 g/mol. The van der Waals surface area contributed by atoms with E-state index in [0.717, 1.165) is 35.4 Å². The van der Waals surface area contributed by atoms with E-state index in [1.54, 1.807) is 19.3 Å². The fourth-order valence-corrected chi connectivity index (χ4v) is 2.24. The first-order valence-electron chi connectivity index (χ1n) is 5.40. The Hall–Kier alpha value is -0.720. The number of aromatic nitrogens is 2. The average molecular weight is 331 g/mol. The highest BCUT2D eigenvalue weighted by Crippen LogP contribution is 2.20. The van der Waals surface area contributed by atoms with Gasteiger partial charge in [-0.1, -0.05) is 0 Å². The van der Waals surface area contributed by atoms with E-state index in [2.05, 4.69) is 37.5 Å². The lowest BCUT2D eigenvalue weighted by Crippen LogP contribution is -2.39. The van der Waals surface area contributed by atoms with Crippen molar-refractivity contribution in [1.82, 2.24) is 9.97 Å². The average Bonchev–Trinajstić information content (AvgIpc) is 2.30. The van der Waals surface area contributed by atoms with E-state index in [1.807, 2.05) is 0 Å². The summed E-state index contributed by atoms with van der Waals surface area (Å²) in [5.41, 5.74) is 0. The zero-order valence-electron chi connectivity index (χ0n) is 9.19. The van der Waals surface area contributed by atoms with Gasteiger partial charge in [0.15, 0.2) is 0 Å². The van der Waals surface area contributed by atoms with Crippen LogP contribution in [0.3, 0.4) is 0 Å². The molecule has 1 atom stereocenters. The Bertz CT molecular complexity index is 379. The molecule has 4 nitrogen and oxygen atoms in total. The quantitative estimate of drug-likeness (QED) is 0.777. The van der Waals surface area contributed by atoms with Gasteiger partial charge in [-0.05, 0) is 42.4 Å². The first-order chi connectivity index (χ1) is 7.66. The highest BCUT2D eigenvalue weighted by molar-refractivity contribution is 14.1. The first kappa shape index (κ1) is 11.8. The number of piperidine rings is 1. The Morgan fingerprint density at radius 3 is 2.81 bits per heavy atom. The van der Waals surface area contributed by atoms with Crippen LogP contribution in [0.15, 0.2) is 12.4 Å². The minimum atomic E-state index is 0.150. The fraction of sp³-hybridized carbons (Fsp3) is 0.545. The topological polar surface area (TPSA) is 46.1 Å². The Labute approximate surface area is 109 Å². The van der Waals surface area contributed by atoms with Crippen LogP contribution in [0.2, 0.25) is 0 Å². The molecule has 0 N–H and O–H groups in total. The maximum Gasteiger partial charge on any atom is 0.225 e. The summed E-state index contributed by atoms with van der Waals surface area (Å²) in [6.45, 7) is 3.38. The predicted molar refractivity (Wildman–Crippen MR) is 70.4 cm³/mol. The number of hydrogen-bond acceptors (Lipinski definition) is 4. The van der Waals surface area contributed by atoms with Gasteiger partial charge in [0.1, 0.15) is 5.78 Å². The van der Waals surface area contributed by atoms with Crippen LogP contribution >= 0.6 is 22.6 Å². The van der Waals surface area contributed by atoms with Crippen molar-refractivity contribution in [1.29, 1.82) is 0 Å². The second-order valence-electron chi connectivity index (χ2n) is 4.10. The largest absolute Gasteiger partial charge is 0.340 e. The number of ketones is 1. The second kappa shape index (κ2) is 5.07. The smallest absolute Gasteiger partial charge is 0.225 e.